The third kappa shape index (κ3) is 5.34. The van der Waals surface area contributed by atoms with Crippen molar-refractivity contribution < 1.29 is 13.9 Å². The van der Waals surface area contributed by atoms with E-state index in [1.54, 1.807) is 13.2 Å². The largest absolute Gasteiger partial charge is 0.497 e. The van der Waals surface area contributed by atoms with Crippen molar-refractivity contribution in [3.05, 3.63) is 65.2 Å². The van der Waals surface area contributed by atoms with Crippen LogP contribution in [0.2, 0.25) is 0 Å². The lowest BCUT2D eigenvalue weighted by molar-refractivity contribution is 0.199. The average molecular weight is 451 g/mol. The molecular formula is C26H31FN4O2. The van der Waals surface area contributed by atoms with E-state index in [-0.39, 0.29) is 11.7 Å². The molecule has 7 heteroatoms. The second kappa shape index (κ2) is 9.89. The first-order valence-corrected chi connectivity index (χ1v) is 12.0. The maximum Gasteiger partial charge on any atom is 0.149 e. The van der Waals surface area contributed by atoms with Gasteiger partial charge in [-0.15, -0.1) is 5.10 Å². The van der Waals surface area contributed by atoms with Crippen molar-refractivity contribution in [1.29, 1.82) is 0 Å². The Morgan fingerprint density at radius 1 is 1.03 bits per heavy atom. The van der Waals surface area contributed by atoms with Gasteiger partial charge in [0.25, 0.3) is 0 Å². The second-order valence-corrected chi connectivity index (χ2v) is 9.48. The summed E-state index contributed by atoms with van der Waals surface area (Å²) in [6, 6.07) is 13.6. The van der Waals surface area contributed by atoms with E-state index in [1.165, 1.54) is 24.5 Å². The lowest BCUT2D eigenvalue weighted by Crippen LogP contribution is -2.20. The van der Waals surface area contributed by atoms with Gasteiger partial charge in [-0.25, -0.2) is 9.49 Å². The van der Waals surface area contributed by atoms with Gasteiger partial charge in [0.05, 0.1) is 13.7 Å². The highest BCUT2D eigenvalue weighted by Gasteiger charge is 2.33. The fourth-order valence-electron chi connectivity index (χ4n) is 5.18. The first-order chi connectivity index (χ1) is 16.2. The summed E-state index contributed by atoms with van der Waals surface area (Å²) in [6.45, 7) is 0.705. The average Bonchev–Trinajstić information content (AvgIpc) is 3.57. The summed E-state index contributed by atoms with van der Waals surface area (Å²) in [5.41, 5.74) is 2.08. The van der Waals surface area contributed by atoms with Crippen molar-refractivity contribution in [2.45, 2.75) is 56.8 Å². The van der Waals surface area contributed by atoms with Gasteiger partial charge in [0, 0.05) is 6.42 Å². The number of aromatic nitrogens is 4. The molecule has 2 aromatic carbocycles. The van der Waals surface area contributed by atoms with Crippen molar-refractivity contribution in [2.24, 2.45) is 11.8 Å². The van der Waals surface area contributed by atoms with Crippen molar-refractivity contribution in [1.82, 2.24) is 20.6 Å². The lowest BCUT2D eigenvalue weighted by Gasteiger charge is -2.29. The van der Waals surface area contributed by atoms with E-state index in [4.69, 9.17) is 9.47 Å². The minimum atomic E-state index is -0.126. The molecule has 0 bridgehead atoms. The minimum Gasteiger partial charge on any atom is -0.497 e. The molecule has 0 spiro atoms. The van der Waals surface area contributed by atoms with Gasteiger partial charge >= 0.3 is 0 Å². The van der Waals surface area contributed by atoms with E-state index >= 15 is 0 Å². The molecule has 0 saturated heterocycles. The number of halogens is 1. The molecule has 5 rings (SSSR count). The number of hydrogen-bond acceptors (Lipinski definition) is 5. The van der Waals surface area contributed by atoms with Crippen LogP contribution in [0.5, 0.6) is 11.5 Å². The standard InChI is InChI=1S/C26H31FN4O2/c1-32-21-11-12-25(27)24(14-21)19-7-5-17(6-8-19)16-33-22-4-2-3-20(13-22)23(18-9-10-18)15-26-28-30-31-29-26/h2-4,11-14,17-19,23H,5-10,15-16H2,1H3,(H,28,29,30,31). The van der Waals surface area contributed by atoms with E-state index in [9.17, 15) is 4.39 Å². The molecule has 6 nitrogen and oxygen atoms in total. The number of benzene rings is 2. The Morgan fingerprint density at radius 3 is 2.61 bits per heavy atom. The quantitative estimate of drug-likeness (QED) is 0.470. The molecule has 2 fully saturated rings. The molecule has 2 saturated carbocycles. The van der Waals surface area contributed by atoms with Gasteiger partial charge in [-0.1, -0.05) is 12.1 Å². The molecule has 0 radical (unpaired) electrons. The molecule has 0 aliphatic heterocycles. The predicted molar refractivity (Wildman–Crippen MR) is 123 cm³/mol. The third-order valence-electron chi connectivity index (χ3n) is 7.26. The fourth-order valence-corrected chi connectivity index (χ4v) is 5.18. The molecule has 33 heavy (non-hydrogen) atoms. The molecule has 1 heterocycles. The number of methoxy groups -OCH3 is 1. The zero-order chi connectivity index (χ0) is 22.6. The summed E-state index contributed by atoms with van der Waals surface area (Å²) >= 11 is 0. The van der Waals surface area contributed by atoms with Crippen molar-refractivity contribution in [3.63, 3.8) is 0 Å². The van der Waals surface area contributed by atoms with Gasteiger partial charge < -0.3 is 9.47 Å². The predicted octanol–water partition coefficient (Wildman–Crippen LogP) is 5.44. The number of nitrogens with zero attached hydrogens (tertiary/aromatic N) is 3. The van der Waals surface area contributed by atoms with Gasteiger partial charge in [-0.2, -0.15) is 0 Å². The number of H-pyrrole nitrogens is 1. The van der Waals surface area contributed by atoms with Gasteiger partial charge in [-0.05, 0) is 114 Å². The topological polar surface area (TPSA) is 72.9 Å². The van der Waals surface area contributed by atoms with Gasteiger partial charge in [-0.3, -0.25) is 0 Å². The normalized spacial score (nSPS) is 21.5. The number of tetrazole rings is 1. The lowest BCUT2D eigenvalue weighted by atomic mass is 9.79. The number of hydrogen-bond donors (Lipinski definition) is 1. The van der Waals surface area contributed by atoms with Gasteiger partial charge in [0.15, 0.2) is 0 Å². The Bertz CT molecular complexity index is 1050. The van der Waals surface area contributed by atoms with Crippen LogP contribution in [0.1, 0.15) is 67.3 Å². The summed E-state index contributed by atoms with van der Waals surface area (Å²) in [4.78, 5) is 0. The Kier molecular flexibility index (Phi) is 6.55. The highest BCUT2D eigenvalue weighted by Crippen LogP contribution is 2.44. The van der Waals surface area contributed by atoms with Crippen LogP contribution in [0.4, 0.5) is 4.39 Å². The molecule has 1 N–H and O–H groups in total. The second-order valence-electron chi connectivity index (χ2n) is 9.48. The van der Waals surface area contributed by atoms with Crippen LogP contribution in [0.15, 0.2) is 42.5 Å². The van der Waals surface area contributed by atoms with Crippen LogP contribution in [0.25, 0.3) is 0 Å². The highest BCUT2D eigenvalue weighted by molar-refractivity contribution is 5.33. The monoisotopic (exact) mass is 450 g/mol. The third-order valence-corrected chi connectivity index (χ3v) is 7.26. The summed E-state index contributed by atoms with van der Waals surface area (Å²) in [6.07, 6.45) is 7.39. The maximum atomic E-state index is 14.3. The van der Waals surface area contributed by atoms with Crippen molar-refractivity contribution in [3.8, 4) is 11.5 Å². The first-order valence-electron chi connectivity index (χ1n) is 12.0. The molecule has 1 unspecified atom stereocenters. The SMILES string of the molecule is COc1ccc(F)c(C2CCC(COc3cccc(C(Cc4nnn[nH]4)C4CC4)c3)CC2)c1. The maximum absolute atomic E-state index is 14.3. The van der Waals surface area contributed by atoms with E-state index < -0.39 is 0 Å². The number of ether oxygens (including phenoxy) is 2. The molecule has 1 aromatic heterocycles. The van der Waals surface area contributed by atoms with Crippen LogP contribution >= 0.6 is 0 Å². The van der Waals surface area contributed by atoms with Crippen molar-refractivity contribution in [2.75, 3.05) is 13.7 Å². The number of nitrogens with one attached hydrogen (secondary N) is 1. The molecule has 1 atom stereocenters. The van der Waals surface area contributed by atoms with Gasteiger partial charge in [0.2, 0.25) is 0 Å². The van der Waals surface area contributed by atoms with Crippen molar-refractivity contribution >= 4 is 0 Å². The van der Waals surface area contributed by atoms with Crippen LogP contribution in [-0.2, 0) is 6.42 Å². The van der Waals surface area contributed by atoms with Crippen LogP contribution in [0, 0.1) is 17.7 Å². The number of aromatic amines is 1. The molecule has 0 amide bonds. The van der Waals surface area contributed by atoms with E-state index in [1.807, 2.05) is 12.1 Å². The Morgan fingerprint density at radius 2 is 1.88 bits per heavy atom. The molecule has 2 aliphatic rings. The molecule has 3 aromatic rings. The van der Waals surface area contributed by atoms with Gasteiger partial charge in [0.1, 0.15) is 23.1 Å². The van der Waals surface area contributed by atoms with E-state index in [0.29, 0.717) is 24.4 Å². The van der Waals surface area contributed by atoms with Crippen LogP contribution in [0.3, 0.4) is 0 Å². The van der Waals surface area contributed by atoms with Crippen LogP contribution < -0.4 is 9.47 Å². The highest BCUT2D eigenvalue weighted by atomic mass is 19.1. The van der Waals surface area contributed by atoms with E-state index in [0.717, 1.165) is 55.0 Å². The zero-order valence-electron chi connectivity index (χ0n) is 19.0. The Hall–Kier alpha value is -2.96. The summed E-state index contributed by atoms with van der Waals surface area (Å²) in [5, 5.41) is 14.4. The summed E-state index contributed by atoms with van der Waals surface area (Å²) in [7, 11) is 1.62. The summed E-state index contributed by atoms with van der Waals surface area (Å²) < 4.78 is 25.9. The Balaban J connectivity index is 1.16. The first kappa shape index (κ1) is 21.9. The Labute approximate surface area is 193 Å². The minimum absolute atomic E-state index is 0.126. The zero-order valence-corrected chi connectivity index (χ0v) is 19.0. The fraction of sp³-hybridized carbons (Fsp3) is 0.500. The molecule has 2 aliphatic carbocycles. The molecule has 174 valence electrons. The van der Waals surface area contributed by atoms with Crippen LogP contribution in [-0.4, -0.2) is 34.3 Å². The number of rotatable bonds is 9. The smallest absolute Gasteiger partial charge is 0.149 e. The summed E-state index contributed by atoms with van der Waals surface area (Å²) in [5.74, 6) is 4.22. The molecular weight excluding hydrogens is 419 g/mol. The van der Waals surface area contributed by atoms with E-state index in [2.05, 4.69) is 38.8 Å².